The van der Waals surface area contributed by atoms with E-state index in [0.717, 1.165) is 35.6 Å². The van der Waals surface area contributed by atoms with E-state index >= 15 is 0 Å². The van der Waals surface area contributed by atoms with Crippen molar-refractivity contribution in [3.8, 4) is 0 Å². The van der Waals surface area contributed by atoms with Gasteiger partial charge in [0.1, 0.15) is 5.82 Å². The van der Waals surface area contributed by atoms with Crippen molar-refractivity contribution in [1.29, 1.82) is 0 Å². The van der Waals surface area contributed by atoms with Crippen molar-refractivity contribution in [2.75, 3.05) is 19.6 Å². The topological polar surface area (TPSA) is 15.3 Å². The first-order chi connectivity index (χ1) is 9.72. The zero-order chi connectivity index (χ0) is 13.9. The molecule has 1 aromatic rings. The monoisotopic (exact) mass is 340 g/mol. The fourth-order valence-corrected chi connectivity index (χ4v) is 3.99. The molecule has 0 saturated carbocycles. The normalized spacial score (nSPS) is 27.9. The van der Waals surface area contributed by atoms with Crippen LogP contribution in [0.5, 0.6) is 0 Å². The van der Waals surface area contributed by atoms with Gasteiger partial charge in [0.2, 0.25) is 0 Å². The van der Waals surface area contributed by atoms with Crippen molar-refractivity contribution < 1.29 is 4.39 Å². The number of halogens is 2. The molecule has 2 saturated heterocycles. The highest BCUT2D eigenvalue weighted by molar-refractivity contribution is 9.10. The quantitative estimate of drug-likeness (QED) is 0.905. The number of hydrogen-bond donors (Lipinski definition) is 1. The molecular weight excluding hydrogens is 319 g/mol. The number of rotatable bonds is 3. The van der Waals surface area contributed by atoms with Crippen molar-refractivity contribution in [2.45, 2.75) is 38.3 Å². The van der Waals surface area contributed by atoms with Gasteiger partial charge in [-0.15, -0.1) is 0 Å². The second-order valence-corrected chi connectivity index (χ2v) is 6.99. The molecule has 2 aliphatic rings. The third kappa shape index (κ3) is 3.41. The van der Waals surface area contributed by atoms with Crippen molar-refractivity contribution >= 4 is 15.9 Å². The highest BCUT2D eigenvalue weighted by Gasteiger charge is 2.29. The Morgan fingerprint density at radius 1 is 1.30 bits per heavy atom. The molecule has 0 bridgehead atoms. The minimum absolute atomic E-state index is 0.0886. The molecule has 2 atom stereocenters. The highest BCUT2D eigenvalue weighted by atomic mass is 79.9. The van der Waals surface area contributed by atoms with Crippen LogP contribution in [-0.2, 0) is 6.54 Å². The van der Waals surface area contributed by atoms with Crippen LogP contribution in [0.2, 0.25) is 0 Å². The molecule has 0 aliphatic carbocycles. The molecule has 0 amide bonds. The number of piperidine rings is 1. The Bertz CT molecular complexity index is 460. The first-order valence-electron chi connectivity index (χ1n) is 7.62. The van der Waals surface area contributed by atoms with Crippen LogP contribution < -0.4 is 5.32 Å². The van der Waals surface area contributed by atoms with Crippen LogP contribution in [0.3, 0.4) is 0 Å². The van der Waals surface area contributed by atoms with Gasteiger partial charge in [-0.1, -0.05) is 15.9 Å². The van der Waals surface area contributed by atoms with E-state index in [1.807, 2.05) is 6.07 Å². The maximum atomic E-state index is 13.9. The summed E-state index contributed by atoms with van der Waals surface area (Å²) in [5.41, 5.74) is 0.805. The lowest BCUT2D eigenvalue weighted by molar-refractivity contribution is 0.144. The third-order valence-corrected chi connectivity index (χ3v) is 5.10. The minimum atomic E-state index is -0.0886. The van der Waals surface area contributed by atoms with E-state index < -0.39 is 0 Å². The Balaban J connectivity index is 1.63. The SMILES string of the molecule is Fc1ccc(Br)cc1CN1CCCC(C2CCCN2)C1. The molecule has 0 aromatic heterocycles. The molecule has 1 N–H and O–H groups in total. The molecule has 2 aliphatic heterocycles. The molecule has 0 spiro atoms. The third-order valence-electron chi connectivity index (χ3n) is 4.61. The number of hydrogen-bond acceptors (Lipinski definition) is 2. The summed E-state index contributed by atoms with van der Waals surface area (Å²) in [6, 6.07) is 5.91. The van der Waals surface area contributed by atoms with Gasteiger partial charge >= 0.3 is 0 Å². The molecule has 110 valence electrons. The molecule has 2 fully saturated rings. The Labute approximate surface area is 128 Å². The number of likely N-dealkylation sites (tertiary alicyclic amines) is 1. The van der Waals surface area contributed by atoms with Gasteiger partial charge in [0, 0.05) is 29.2 Å². The summed E-state index contributed by atoms with van der Waals surface area (Å²) in [4.78, 5) is 2.42. The number of nitrogens with one attached hydrogen (secondary N) is 1. The number of nitrogens with zero attached hydrogens (tertiary/aromatic N) is 1. The Morgan fingerprint density at radius 3 is 3.00 bits per heavy atom. The van der Waals surface area contributed by atoms with Gasteiger partial charge < -0.3 is 5.32 Å². The minimum Gasteiger partial charge on any atom is -0.314 e. The summed E-state index contributed by atoms with van der Waals surface area (Å²) in [5.74, 6) is 0.649. The van der Waals surface area contributed by atoms with E-state index in [1.165, 1.54) is 32.2 Å². The fourth-order valence-electron chi connectivity index (χ4n) is 3.58. The van der Waals surface area contributed by atoms with Crippen molar-refractivity contribution in [3.63, 3.8) is 0 Å². The molecule has 0 radical (unpaired) electrons. The molecule has 2 nitrogen and oxygen atoms in total. The van der Waals surface area contributed by atoms with E-state index in [2.05, 4.69) is 26.1 Å². The van der Waals surface area contributed by atoms with Gasteiger partial charge in [-0.25, -0.2) is 4.39 Å². The molecule has 2 unspecified atom stereocenters. The van der Waals surface area contributed by atoms with Crippen LogP contribution in [0.15, 0.2) is 22.7 Å². The summed E-state index contributed by atoms with van der Waals surface area (Å²) in [5, 5.41) is 3.62. The van der Waals surface area contributed by atoms with E-state index in [9.17, 15) is 4.39 Å². The first kappa shape index (κ1) is 14.5. The van der Waals surface area contributed by atoms with E-state index in [1.54, 1.807) is 12.1 Å². The highest BCUT2D eigenvalue weighted by Crippen LogP contribution is 2.26. The first-order valence-corrected chi connectivity index (χ1v) is 8.41. The van der Waals surface area contributed by atoms with Gasteiger partial charge in [0.25, 0.3) is 0 Å². The smallest absolute Gasteiger partial charge is 0.127 e. The van der Waals surface area contributed by atoms with Crippen molar-refractivity contribution in [3.05, 3.63) is 34.1 Å². The summed E-state index contributed by atoms with van der Waals surface area (Å²) >= 11 is 3.43. The van der Waals surface area contributed by atoms with E-state index in [-0.39, 0.29) is 5.82 Å². The molecule has 3 rings (SSSR count). The zero-order valence-electron chi connectivity index (χ0n) is 11.7. The summed E-state index contributed by atoms with van der Waals surface area (Å²) < 4.78 is 14.8. The predicted octanol–water partition coefficient (Wildman–Crippen LogP) is 3.55. The maximum Gasteiger partial charge on any atom is 0.127 e. The molecular formula is C16H22BrFN2. The Hall–Kier alpha value is -0.450. The fraction of sp³-hybridized carbons (Fsp3) is 0.625. The van der Waals surface area contributed by atoms with Crippen LogP contribution in [0.1, 0.15) is 31.2 Å². The zero-order valence-corrected chi connectivity index (χ0v) is 13.3. The van der Waals surface area contributed by atoms with E-state index in [0.29, 0.717) is 6.04 Å². The van der Waals surface area contributed by atoms with Crippen LogP contribution in [0.4, 0.5) is 4.39 Å². The predicted molar refractivity (Wildman–Crippen MR) is 83.1 cm³/mol. The molecule has 4 heteroatoms. The van der Waals surface area contributed by atoms with Gasteiger partial charge in [-0.3, -0.25) is 4.90 Å². The number of benzene rings is 1. The average molecular weight is 341 g/mol. The van der Waals surface area contributed by atoms with Crippen LogP contribution in [0.25, 0.3) is 0 Å². The lowest BCUT2D eigenvalue weighted by Crippen LogP contribution is -2.43. The summed E-state index contributed by atoms with van der Waals surface area (Å²) in [6.07, 6.45) is 5.17. The van der Waals surface area contributed by atoms with Gasteiger partial charge in [-0.05, 0) is 62.9 Å². The standard InChI is InChI=1S/C16H22BrFN2/c17-14-5-6-15(18)13(9-14)11-20-8-2-3-12(10-20)16-4-1-7-19-16/h5-6,9,12,16,19H,1-4,7-8,10-11H2. The van der Waals surface area contributed by atoms with Crippen molar-refractivity contribution in [1.82, 2.24) is 10.2 Å². The maximum absolute atomic E-state index is 13.9. The molecule has 2 heterocycles. The molecule has 1 aromatic carbocycles. The lowest BCUT2D eigenvalue weighted by atomic mass is 9.89. The Morgan fingerprint density at radius 2 is 2.20 bits per heavy atom. The Kier molecular flexibility index (Phi) is 4.74. The largest absolute Gasteiger partial charge is 0.314 e. The summed E-state index contributed by atoms with van der Waals surface area (Å²) in [6.45, 7) is 4.09. The second kappa shape index (κ2) is 6.54. The van der Waals surface area contributed by atoms with E-state index in [4.69, 9.17) is 0 Å². The van der Waals surface area contributed by atoms with Crippen LogP contribution >= 0.6 is 15.9 Å². The van der Waals surface area contributed by atoms with Crippen LogP contribution in [0, 0.1) is 11.7 Å². The lowest BCUT2D eigenvalue weighted by Gasteiger charge is -2.36. The van der Waals surface area contributed by atoms with Crippen LogP contribution in [-0.4, -0.2) is 30.6 Å². The second-order valence-electron chi connectivity index (χ2n) is 6.08. The van der Waals surface area contributed by atoms with Gasteiger partial charge in [0.15, 0.2) is 0 Å². The van der Waals surface area contributed by atoms with Gasteiger partial charge in [0.05, 0.1) is 0 Å². The van der Waals surface area contributed by atoms with Crippen molar-refractivity contribution in [2.24, 2.45) is 5.92 Å². The summed E-state index contributed by atoms with van der Waals surface area (Å²) in [7, 11) is 0. The average Bonchev–Trinajstić information content (AvgIpc) is 2.97. The molecule has 20 heavy (non-hydrogen) atoms. The van der Waals surface area contributed by atoms with Gasteiger partial charge in [-0.2, -0.15) is 0 Å².